The highest BCUT2D eigenvalue weighted by Crippen LogP contribution is 2.27. The van der Waals surface area contributed by atoms with Gasteiger partial charge in [0.25, 0.3) is 5.91 Å². The molecule has 3 aromatic rings. The Kier molecular flexibility index (Phi) is 5.84. The van der Waals surface area contributed by atoms with Gasteiger partial charge in [0.15, 0.2) is 0 Å². The SMILES string of the molecule is COc1ccc(C)cc1Nc1nc(C)cc(C(=O)NCc2ccccc2F)n1. The van der Waals surface area contributed by atoms with E-state index in [-0.39, 0.29) is 24.0 Å². The van der Waals surface area contributed by atoms with E-state index < -0.39 is 5.91 Å². The summed E-state index contributed by atoms with van der Waals surface area (Å²) in [6, 6.07) is 13.6. The van der Waals surface area contributed by atoms with Gasteiger partial charge in [-0.3, -0.25) is 4.79 Å². The van der Waals surface area contributed by atoms with Crippen LogP contribution in [-0.4, -0.2) is 23.0 Å². The molecule has 28 heavy (non-hydrogen) atoms. The maximum absolute atomic E-state index is 13.7. The lowest BCUT2D eigenvalue weighted by Gasteiger charge is -2.12. The van der Waals surface area contributed by atoms with E-state index in [1.165, 1.54) is 6.07 Å². The van der Waals surface area contributed by atoms with Crippen molar-refractivity contribution in [1.82, 2.24) is 15.3 Å². The molecule has 0 aliphatic carbocycles. The van der Waals surface area contributed by atoms with Gasteiger partial charge < -0.3 is 15.4 Å². The minimum absolute atomic E-state index is 0.0724. The highest BCUT2D eigenvalue weighted by atomic mass is 19.1. The average molecular weight is 380 g/mol. The summed E-state index contributed by atoms with van der Waals surface area (Å²) in [5, 5.41) is 5.78. The fourth-order valence-electron chi connectivity index (χ4n) is 2.69. The molecule has 0 saturated carbocycles. The van der Waals surface area contributed by atoms with Gasteiger partial charge in [0.1, 0.15) is 17.3 Å². The number of nitrogens with zero attached hydrogens (tertiary/aromatic N) is 2. The van der Waals surface area contributed by atoms with Gasteiger partial charge in [-0.1, -0.05) is 24.3 Å². The third kappa shape index (κ3) is 4.62. The smallest absolute Gasteiger partial charge is 0.270 e. The molecule has 0 radical (unpaired) electrons. The predicted molar refractivity (Wildman–Crippen MR) is 105 cm³/mol. The van der Waals surface area contributed by atoms with Gasteiger partial charge in [0.2, 0.25) is 5.95 Å². The number of hydrogen-bond acceptors (Lipinski definition) is 5. The van der Waals surface area contributed by atoms with Gasteiger partial charge in [-0.2, -0.15) is 0 Å². The summed E-state index contributed by atoms with van der Waals surface area (Å²) >= 11 is 0. The average Bonchev–Trinajstić information content (AvgIpc) is 2.67. The molecular formula is C21H21FN4O2. The molecule has 0 bridgehead atoms. The molecule has 0 spiro atoms. The minimum atomic E-state index is -0.409. The number of ether oxygens (including phenoxy) is 1. The molecule has 1 heterocycles. The summed E-state index contributed by atoms with van der Waals surface area (Å²) in [4.78, 5) is 21.1. The molecule has 0 unspecified atom stereocenters. The second-order valence-electron chi connectivity index (χ2n) is 6.32. The standard InChI is InChI=1S/C21H21FN4O2/c1-13-8-9-19(28-3)17(10-13)25-21-24-14(2)11-18(26-21)20(27)23-12-15-6-4-5-7-16(15)22/h4-11H,12H2,1-3H3,(H,23,27)(H,24,25,26). The molecule has 1 amide bonds. The zero-order valence-corrected chi connectivity index (χ0v) is 15.9. The number of anilines is 2. The van der Waals surface area contributed by atoms with Crippen molar-refractivity contribution < 1.29 is 13.9 Å². The van der Waals surface area contributed by atoms with E-state index in [1.807, 2.05) is 25.1 Å². The first kappa shape index (κ1) is 19.3. The van der Waals surface area contributed by atoms with Gasteiger partial charge in [-0.15, -0.1) is 0 Å². The topological polar surface area (TPSA) is 76.1 Å². The number of carbonyl (C=O) groups excluding carboxylic acids is 1. The lowest BCUT2D eigenvalue weighted by Crippen LogP contribution is -2.25. The summed E-state index contributed by atoms with van der Waals surface area (Å²) in [6.07, 6.45) is 0. The molecule has 1 aromatic heterocycles. The second kappa shape index (κ2) is 8.47. The van der Waals surface area contributed by atoms with E-state index in [0.29, 0.717) is 22.7 Å². The lowest BCUT2D eigenvalue weighted by atomic mass is 10.2. The highest BCUT2D eigenvalue weighted by molar-refractivity contribution is 5.92. The van der Waals surface area contributed by atoms with Crippen molar-refractivity contribution in [3.05, 3.63) is 76.9 Å². The first-order valence-electron chi connectivity index (χ1n) is 8.75. The molecule has 3 rings (SSSR count). The Morgan fingerprint density at radius 3 is 2.64 bits per heavy atom. The Hall–Kier alpha value is -3.48. The molecule has 7 heteroatoms. The number of nitrogens with one attached hydrogen (secondary N) is 2. The Morgan fingerprint density at radius 2 is 1.89 bits per heavy atom. The number of methoxy groups -OCH3 is 1. The minimum Gasteiger partial charge on any atom is -0.495 e. The summed E-state index contributed by atoms with van der Waals surface area (Å²) in [5.74, 6) is 0.143. The Bertz CT molecular complexity index is 1010. The molecule has 144 valence electrons. The number of aromatic nitrogens is 2. The van der Waals surface area contributed by atoms with E-state index in [1.54, 1.807) is 38.3 Å². The van der Waals surface area contributed by atoms with Crippen molar-refractivity contribution in [2.75, 3.05) is 12.4 Å². The van der Waals surface area contributed by atoms with Crippen molar-refractivity contribution in [2.45, 2.75) is 20.4 Å². The third-order valence-electron chi connectivity index (χ3n) is 4.09. The maximum atomic E-state index is 13.7. The molecular weight excluding hydrogens is 359 g/mol. The summed E-state index contributed by atoms with van der Waals surface area (Å²) in [5.41, 5.74) is 2.97. The van der Waals surface area contributed by atoms with Crippen LogP contribution in [0.1, 0.15) is 27.3 Å². The quantitative estimate of drug-likeness (QED) is 0.678. The Morgan fingerprint density at radius 1 is 1.11 bits per heavy atom. The summed E-state index contributed by atoms with van der Waals surface area (Å²) in [6.45, 7) is 3.81. The molecule has 0 fully saturated rings. The normalized spacial score (nSPS) is 10.4. The first-order chi connectivity index (χ1) is 13.5. The van der Waals surface area contributed by atoms with Crippen molar-refractivity contribution in [3.63, 3.8) is 0 Å². The molecule has 0 aliphatic rings. The number of rotatable bonds is 6. The van der Waals surface area contributed by atoms with Crippen molar-refractivity contribution in [1.29, 1.82) is 0 Å². The van der Waals surface area contributed by atoms with E-state index in [9.17, 15) is 9.18 Å². The second-order valence-corrected chi connectivity index (χ2v) is 6.32. The van der Waals surface area contributed by atoms with Gasteiger partial charge in [-0.05, 0) is 43.7 Å². The van der Waals surface area contributed by atoms with E-state index >= 15 is 0 Å². The molecule has 0 aliphatic heterocycles. The monoisotopic (exact) mass is 380 g/mol. The van der Waals surface area contributed by atoms with Crippen LogP contribution in [-0.2, 0) is 6.54 Å². The fraction of sp³-hybridized carbons (Fsp3) is 0.190. The first-order valence-corrected chi connectivity index (χ1v) is 8.75. The van der Waals surface area contributed by atoms with Crippen molar-refractivity contribution >= 4 is 17.5 Å². The van der Waals surface area contributed by atoms with Gasteiger partial charge in [0, 0.05) is 17.8 Å². The summed E-state index contributed by atoms with van der Waals surface area (Å²) in [7, 11) is 1.58. The number of amides is 1. The van der Waals surface area contributed by atoms with Gasteiger partial charge in [-0.25, -0.2) is 14.4 Å². The van der Waals surface area contributed by atoms with Crippen LogP contribution < -0.4 is 15.4 Å². The van der Waals surface area contributed by atoms with E-state index in [4.69, 9.17) is 4.74 Å². The molecule has 0 atom stereocenters. The van der Waals surface area contributed by atoms with Crippen LogP contribution in [0.4, 0.5) is 16.0 Å². The van der Waals surface area contributed by atoms with Gasteiger partial charge in [0.05, 0.1) is 12.8 Å². The molecule has 2 aromatic carbocycles. The highest BCUT2D eigenvalue weighted by Gasteiger charge is 2.13. The number of halogens is 1. The predicted octanol–water partition coefficient (Wildman–Crippen LogP) is 3.91. The van der Waals surface area contributed by atoms with Crippen LogP contribution in [0.25, 0.3) is 0 Å². The Balaban J connectivity index is 1.78. The van der Waals surface area contributed by atoms with Crippen LogP contribution in [0.5, 0.6) is 5.75 Å². The van der Waals surface area contributed by atoms with Crippen LogP contribution in [0.15, 0.2) is 48.5 Å². The number of benzene rings is 2. The van der Waals surface area contributed by atoms with Crippen LogP contribution in [0.3, 0.4) is 0 Å². The van der Waals surface area contributed by atoms with E-state index in [2.05, 4.69) is 20.6 Å². The third-order valence-corrected chi connectivity index (χ3v) is 4.09. The Labute approximate surface area is 162 Å². The number of aryl methyl sites for hydroxylation is 2. The molecule has 2 N–H and O–H groups in total. The van der Waals surface area contributed by atoms with Gasteiger partial charge >= 0.3 is 0 Å². The van der Waals surface area contributed by atoms with E-state index in [0.717, 1.165) is 5.56 Å². The summed E-state index contributed by atoms with van der Waals surface area (Å²) < 4.78 is 19.1. The zero-order chi connectivity index (χ0) is 20.1. The number of hydrogen-bond donors (Lipinski definition) is 2. The fourth-order valence-corrected chi connectivity index (χ4v) is 2.69. The largest absolute Gasteiger partial charge is 0.495 e. The van der Waals surface area contributed by atoms with Crippen molar-refractivity contribution in [3.8, 4) is 5.75 Å². The number of carbonyl (C=O) groups is 1. The molecule has 0 saturated heterocycles. The molecule has 6 nitrogen and oxygen atoms in total. The van der Waals surface area contributed by atoms with Crippen molar-refractivity contribution in [2.24, 2.45) is 0 Å². The van der Waals surface area contributed by atoms with Crippen LogP contribution in [0.2, 0.25) is 0 Å². The zero-order valence-electron chi connectivity index (χ0n) is 15.9. The maximum Gasteiger partial charge on any atom is 0.270 e. The van der Waals surface area contributed by atoms with Crippen LogP contribution in [0, 0.1) is 19.7 Å². The lowest BCUT2D eigenvalue weighted by molar-refractivity contribution is 0.0945. The van der Waals surface area contributed by atoms with Crippen LogP contribution >= 0.6 is 0 Å².